The molecule has 20 heavy (non-hydrogen) atoms. The second-order valence-electron chi connectivity index (χ2n) is 3.48. The average molecular weight is 364 g/mol. The molecular formula is C14H31Cl2NO2Ti-4. The van der Waals surface area contributed by atoms with Gasteiger partial charge in [-0.25, -0.2) is 12.2 Å². The van der Waals surface area contributed by atoms with E-state index < -0.39 is 0 Å². The van der Waals surface area contributed by atoms with Crippen LogP contribution < -0.4 is 0 Å². The molecule has 6 heteroatoms. The quantitative estimate of drug-likeness (QED) is 0.507. The summed E-state index contributed by atoms with van der Waals surface area (Å²) in [6, 6.07) is 0. The molecule has 0 aromatic rings. The summed E-state index contributed by atoms with van der Waals surface area (Å²) >= 11 is 1.75. The Bertz CT molecular complexity index is 157. The molecule has 0 saturated heterocycles. The minimum atomic E-state index is -0.250. The van der Waals surface area contributed by atoms with Crippen LogP contribution in [0.25, 0.3) is 5.73 Å². The normalized spacial score (nSPS) is 8.75. The summed E-state index contributed by atoms with van der Waals surface area (Å²) in [6.07, 6.45) is 10.0. The van der Waals surface area contributed by atoms with Crippen molar-refractivity contribution in [3.8, 4) is 0 Å². The third kappa shape index (κ3) is 186. The minimum absolute atomic E-state index is 0. The molecule has 3 N–H and O–H groups in total. The Balaban J connectivity index is -0.0000000215. The van der Waals surface area contributed by atoms with Crippen LogP contribution >= 0.6 is 24.8 Å². The predicted octanol–water partition coefficient (Wildman–Crippen LogP) is 3.82. The number of allylic oxidation sites excluding steroid dienone is 4. The first-order chi connectivity index (χ1) is 7.91. The number of hydrogen-bond acceptors (Lipinski definition) is 2. The first kappa shape index (κ1) is 42.8. The van der Waals surface area contributed by atoms with Crippen molar-refractivity contribution < 1.29 is 30.2 Å². The number of aliphatic hydroxyl groups is 2. The molecule has 1 rings (SSSR count). The molecule has 0 saturated carbocycles. The van der Waals surface area contributed by atoms with Crippen LogP contribution in [0.1, 0.15) is 27.2 Å². The standard InChI is InChI=1S/C5H5.C4H10N.C2H5O.CH4O.CH3.CH2.2ClH.Ti/c1-2-4-5-3-1;1-4(2,3)5;1-2-3;1-2;;;;;/h1-3H,4H2;5H,1-3H3;3H,1-2H2;2H,1H3;1H3;1H2;2*1H;/q3*-1;;-1;;;;. The number of nitrogens with one attached hydrogen (secondary N) is 1. The van der Waals surface area contributed by atoms with Gasteiger partial charge in [-0.15, -0.1) is 36.8 Å². The van der Waals surface area contributed by atoms with Crippen molar-refractivity contribution in [3.05, 3.63) is 44.4 Å². The smallest absolute Gasteiger partial charge is 0.358 e. The summed E-state index contributed by atoms with van der Waals surface area (Å²) in [5.41, 5.74) is 6.69. The van der Waals surface area contributed by atoms with E-state index >= 15 is 0 Å². The van der Waals surface area contributed by atoms with Gasteiger partial charge in [-0.2, -0.15) is 6.08 Å². The average Bonchev–Trinajstić information content (AvgIpc) is 2.80. The monoisotopic (exact) mass is 363 g/mol. The van der Waals surface area contributed by atoms with Crippen LogP contribution in [0.2, 0.25) is 0 Å². The summed E-state index contributed by atoms with van der Waals surface area (Å²) in [4.78, 5) is 3.25. The summed E-state index contributed by atoms with van der Waals surface area (Å²) in [6.45, 7) is 8.60. The van der Waals surface area contributed by atoms with Crippen molar-refractivity contribution in [2.24, 2.45) is 0 Å². The van der Waals surface area contributed by atoms with E-state index in [-0.39, 0.29) is 44.4 Å². The maximum Gasteiger partial charge on any atom is -0.358 e. The maximum atomic E-state index is 7.46. The fourth-order valence-corrected chi connectivity index (χ4v) is 0.340. The second kappa shape index (κ2) is 42.7. The molecule has 1 aliphatic rings. The summed E-state index contributed by atoms with van der Waals surface area (Å²) in [5.74, 6) is 0. The van der Waals surface area contributed by atoms with Crippen molar-refractivity contribution in [3.63, 3.8) is 0 Å². The van der Waals surface area contributed by atoms with Gasteiger partial charge in [0.15, 0.2) is 0 Å². The third-order valence-corrected chi connectivity index (χ3v) is 0.586. The Morgan fingerprint density at radius 2 is 1.55 bits per heavy atom. The summed E-state index contributed by atoms with van der Waals surface area (Å²) < 4.78 is 0. The van der Waals surface area contributed by atoms with Crippen molar-refractivity contribution >= 4 is 29.6 Å². The Morgan fingerprint density at radius 1 is 1.30 bits per heavy atom. The Kier molecular flexibility index (Phi) is 91.4. The molecule has 0 spiro atoms. The van der Waals surface area contributed by atoms with E-state index in [9.17, 15) is 0 Å². The van der Waals surface area contributed by atoms with E-state index in [2.05, 4.69) is 23.9 Å². The molecular weight excluding hydrogens is 333 g/mol. The minimum Gasteiger partial charge on any atom is -0.358 e. The molecule has 0 amide bonds. The largest absolute Gasteiger partial charge is 0.358 e. The molecule has 126 valence electrons. The van der Waals surface area contributed by atoms with E-state index in [0.717, 1.165) is 13.5 Å². The molecule has 0 atom stereocenters. The first-order valence-corrected chi connectivity index (χ1v) is 6.19. The van der Waals surface area contributed by atoms with Gasteiger partial charge in [0.25, 0.3) is 0 Å². The molecule has 0 aliphatic heterocycles. The van der Waals surface area contributed by atoms with Gasteiger partial charge in [-0.3, -0.25) is 6.08 Å². The molecule has 0 aromatic heterocycles. The van der Waals surface area contributed by atoms with E-state index in [1.807, 2.05) is 32.9 Å². The zero-order valence-electron chi connectivity index (χ0n) is 13.3. The van der Waals surface area contributed by atoms with Gasteiger partial charge in [0, 0.05) is 7.11 Å². The van der Waals surface area contributed by atoms with E-state index in [1.54, 1.807) is 20.0 Å². The molecule has 0 unspecified atom stereocenters. The topological polar surface area (TPSA) is 64.3 Å². The summed E-state index contributed by atoms with van der Waals surface area (Å²) in [5, 5.41) is 14.5. The molecule has 0 radical (unpaired) electrons. The van der Waals surface area contributed by atoms with Gasteiger partial charge in [0.2, 0.25) is 0 Å². The fourth-order valence-electron chi connectivity index (χ4n) is 0.340. The molecule has 1 aliphatic carbocycles. The fraction of sp³-hybridized carbons (Fsp3) is 0.500. The van der Waals surface area contributed by atoms with Crippen molar-refractivity contribution in [1.29, 1.82) is 0 Å². The SMILES string of the molecule is CC(C)(C)[NH-].CO.Cl.Cl.[C-]1=CC=CC1.[CH2-]CO.[CH2]=[Ti].[CH3-]. The van der Waals surface area contributed by atoms with Crippen LogP contribution in [-0.4, -0.2) is 34.3 Å². The number of aliphatic hydroxyl groups excluding tert-OH is 2. The van der Waals surface area contributed by atoms with Crippen LogP contribution in [0.5, 0.6) is 0 Å². The van der Waals surface area contributed by atoms with Crippen molar-refractivity contribution in [2.75, 3.05) is 13.7 Å². The molecule has 0 aromatic carbocycles. The molecule has 0 heterocycles. The predicted molar refractivity (Wildman–Crippen MR) is 94.3 cm³/mol. The zero-order valence-corrected chi connectivity index (χ0v) is 16.5. The van der Waals surface area contributed by atoms with E-state index in [1.165, 1.54) is 0 Å². The number of hydrogen-bond donors (Lipinski definition) is 2. The first-order valence-electron chi connectivity index (χ1n) is 5.08. The van der Waals surface area contributed by atoms with Gasteiger partial charge in [0.1, 0.15) is 0 Å². The van der Waals surface area contributed by atoms with E-state index in [4.69, 9.17) is 15.9 Å². The number of rotatable bonds is 0. The van der Waals surface area contributed by atoms with Gasteiger partial charge in [-0.05, 0) is 0 Å². The van der Waals surface area contributed by atoms with Crippen LogP contribution in [0.3, 0.4) is 0 Å². The Hall–Kier alpha value is 0.524. The van der Waals surface area contributed by atoms with Crippen LogP contribution in [0.15, 0.2) is 18.2 Å². The third-order valence-electron chi connectivity index (χ3n) is 0.586. The van der Waals surface area contributed by atoms with Crippen molar-refractivity contribution in [2.45, 2.75) is 32.7 Å². The second-order valence-corrected chi connectivity index (χ2v) is 3.48. The van der Waals surface area contributed by atoms with E-state index in [0.29, 0.717) is 0 Å². The Labute approximate surface area is 150 Å². The maximum absolute atomic E-state index is 7.46. The molecule has 0 bridgehead atoms. The van der Waals surface area contributed by atoms with Gasteiger partial charge < -0.3 is 30.3 Å². The van der Waals surface area contributed by atoms with Gasteiger partial charge in [0.05, 0.1) is 0 Å². The molecule has 3 nitrogen and oxygen atoms in total. The van der Waals surface area contributed by atoms with Crippen molar-refractivity contribution in [1.82, 2.24) is 0 Å². The van der Waals surface area contributed by atoms with Crippen LogP contribution in [0.4, 0.5) is 0 Å². The Morgan fingerprint density at radius 3 is 1.60 bits per heavy atom. The van der Waals surface area contributed by atoms with Gasteiger partial charge >= 0.3 is 24.8 Å². The van der Waals surface area contributed by atoms with Crippen LogP contribution in [-0.2, 0) is 20.0 Å². The zero-order chi connectivity index (χ0) is 14.7. The summed E-state index contributed by atoms with van der Waals surface area (Å²) in [7, 11) is 1.00. The number of halogens is 2. The molecule has 0 fully saturated rings. The van der Waals surface area contributed by atoms with Gasteiger partial charge in [-0.1, -0.05) is 27.4 Å². The van der Waals surface area contributed by atoms with Crippen LogP contribution in [0, 0.1) is 20.4 Å².